The quantitative estimate of drug-likeness (QED) is 0.481. The molecule has 2 aliphatic rings. The maximum absolute atomic E-state index is 12.7. The van der Waals surface area contributed by atoms with E-state index in [2.05, 4.69) is 64.7 Å². The zero-order valence-electron chi connectivity index (χ0n) is 21.3. The lowest BCUT2D eigenvalue weighted by Crippen LogP contribution is -2.53. The fourth-order valence-corrected chi connectivity index (χ4v) is 5.15. The van der Waals surface area contributed by atoms with Crippen molar-refractivity contribution in [1.82, 2.24) is 25.4 Å². The molecule has 1 aromatic heterocycles. The number of nitrogens with zero attached hydrogens (tertiary/aromatic N) is 4. The van der Waals surface area contributed by atoms with Crippen LogP contribution in [0.1, 0.15) is 32.3 Å². The van der Waals surface area contributed by atoms with Crippen molar-refractivity contribution in [2.75, 3.05) is 69.1 Å². The molecule has 1 aromatic carbocycles. The molecule has 2 aromatic rings. The summed E-state index contributed by atoms with van der Waals surface area (Å²) in [6.07, 6.45) is 2.05. The number of carbonyl (C=O) groups is 1. The van der Waals surface area contributed by atoms with Gasteiger partial charge in [-0.1, -0.05) is 13.8 Å². The highest BCUT2D eigenvalue weighted by atomic mass is 32.1. The summed E-state index contributed by atoms with van der Waals surface area (Å²) in [5.41, 5.74) is 3.12. The van der Waals surface area contributed by atoms with E-state index >= 15 is 0 Å². The zero-order valence-corrected chi connectivity index (χ0v) is 22.1. The molecule has 0 spiro atoms. The van der Waals surface area contributed by atoms with Crippen molar-refractivity contribution in [2.45, 2.75) is 39.7 Å². The fourth-order valence-electron chi connectivity index (χ4n) is 4.93. The Kier molecular flexibility index (Phi) is 8.75. The summed E-state index contributed by atoms with van der Waals surface area (Å²) in [5, 5.41) is 11.7. The number of benzene rings is 1. The Bertz CT molecular complexity index is 1030. The van der Waals surface area contributed by atoms with Crippen LogP contribution in [0.3, 0.4) is 0 Å². The van der Waals surface area contributed by atoms with Gasteiger partial charge in [0.25, 0.3) is 0 Å². The van der Waals surface area contributed by atoms with Crippen LogP contribution >= 0.6 is 12.2 Å². The summed E-state index contributed by atoms with van der Waals surface area (Å²) in [4.78, 5) is 24.3. The third-order valence-electron chi connectivity index (χ3n) is 7.14. The lowest BCUT2D eigenvalue weighted by molar-refractivity contribution is -0.133. The molecule has 3 N–H and O–H groups in total. The molecule has 2 aliphatic heterocycles. The maximum Gasteiger partial charge on any atom is 0.239 e. The van der Waals surface area contributed by atoms with Crippen molar-refractivity contribution >= 4 is 45.6 Å². The number of carbonyl (C=O) groups excluding carboxylic acids is 1. The number of likely N-dealkylation sites (N-methyl/N-ethyl adjacent to an activating group) is 1. The molecule has 0 radical (unpaired) electrons. The fraction of sp³-hybridized carbons (Fsp3) is 0.577. The summed E-state index contributed by atoms with van der Waals surface area (Å²) in [7, 11) is 0. The Labute approximate surface area is 214 Å². The average molecular weight is 498 g/mol. The Balaban J connectivity index is 1.35. The molecule has 0 saturated carbocycles. The van der Waals surface area contributed by atoms with E-state index in [-0.39, 0.29) is 11.9 Å². The molecule has 3 heterocycles. The second-order valence-corrected chi connectivity index (χ2v) is 9.81. The molecular weight excluding hydrogens is 458 g/mol. The SMILES string of the molecule is CCN(CC)CCNC(=S)Nc1ccc2nc(N3CCN(C(=O)[C@@H]4CCCN4)CC3)cc(C)c2c1. The number of nitrogens with one attached hydrogen (secondary N) is 3. The number of piperazine rings is 1. The number of amides is 1. The molecule has 2 fully saturated rings. The largest absolute Gasteiger partial charge is 0.361 e. The molecule has 9 heteroatoms. The normalized spacial score (nSPS) is 18.3. The number of pyridine rings is 1. The molecule has 8 nitrogen and oxygen atoms in total. The van der Waals surface area contributed by atoms with E-state index in [1.807, 2.05) is 11.0 Å². The van der Waals surface area contributed by atoms with E-state index in [4.69, 9.17) is 17.2 Å². The summed E-state index contributed by atoms with van der Waals surface area (Å²) in [6, 6.07) is 8.37. The third-order valence-corrected chi connectivity index (χ3v) is 7.39. The van der Waals surface area contributed by atoms with Crippen LogP contribution in [0.5, 0.6) is 0 Å². The van der Waals surface area contributed by atoms with Gasteiger partial charge in [-0.3, -0.25) is 4.79 Å². The summed E-state index contributed by atoms with van der Waals surface area (Å²) in [6.45, 7) is 14.4. The molecular formula is C26H39N7OS. The Morgan fingerprint density at radius 1 is 1.20 bits per heavy atom. The van der Waals surface area contributed by atoms with E-state index < -0.39 is 0 Å². The molecule has 4 rings (SSSR count). The molecule has 190 valence electrons. The predicted octanol–water partition coefficient (Wildman–Crippen LogP) is 2.57. The van der Waals surface area contributed by atoms with Gasteiger partial charge in [-0.2, -0.15) is 0 Å². The van der Waals surface area contributed by atoms with Crippen LogP contribution in [0.4, 0.5) is 11.5 Å². The van der Waals surface area contributed by atoms with Gasteiger partial charge in [0, 0.05) is 50.3 Å². The van der Waals surface area contributed by atoms with Gasteiger partial charge in [0.1, 0.15) is 5.82 Å². The third kappa shape index (κ3) is 6.39. The first-order chi connectivity index (χ1) is 17.0. The first-order valence-electron chi connectivity index (χ1n) is 12.9. The van der Waals surface area contributed by atoms with Gasteiger partial charge < -0.3 is 30.7 Å². The van der Waals surface area contributed by atoms with Crippen LogP contribution in [-0.2, 0) is 4.79 Å². The van der Waals surface area contributed by atoms with Gasteiger partial charge in [-0.25, -0.2) is 4.98 Å². The highest BCUT2D eigenvalue weighted by Crippen LogP contribution is 2.26. The lowest BCUT2D eigenvalue weighted by Gasteiger charge is -2.36. The average Bonchev–Trinajstić information content (AvgIpc) is 3.42. The number of rotatable bonds is 8. The Morgan fingerprint density at radius 3 is 2.66 bits per heavy atom. The first-order valence-corrected chi connectivity index (χ1v) is 13.3. The summed E-state index contributed by atoms with van der Waals surface area (Å²) in [5.74, 6) is 1.24. The number of aromatic nitrogens is 1. The minimum Gasteiger partial charge on any atom is -0.361 e. The van der Waals surface area contributed by atoms with Gasteiger partial charge in [0.2, 0.25) is 5.91 Å². The van der Waals surface area contributed by atoms with Crippen molar-refractivity contribution < 1.29 is 4.79 Å². The summed E-state index contributed by atoms with van der Waals surface area (Å²) >= 11 is 5.49. The van der Waals surface area contributed by atoms with Crippen molar-refractivity contribution in [2.24, 2.45) is 0 Å². The number of hydrogen-bond acceptors (Lipinski definition) is 6. The second kappa shape index (κ2) is 12.0. The van der Waals surface area contributed by atoms with E-state index in [1.165, 1.54) is 5.56 Å². The predicted molar refractivity (Wildman–Crippen MR) is 148 cm³/mol. The zero-order chi connectivity index (χ0) is 24.8. The van der Waals surface area contributed by atoms with E-state index in [0.29, 0.717) is 5.11 Å². The van der Waals surface area contributed by atoms with Gasteiger partial charge in [0.05, 0.1) is 11.6 Å². The molecule has 1 atom stereocenters. The topological polar surface area (TPSA) is 75.8 Å². The van der Waals surface area contributed by atoms with Crippen LogP contribution in [0.2, 0.25) is 0 Å². The number of fused-ring (bicyclic) bond motifs is 1. The van der Waals surface area contributed by atoms with E-state index in [1.54, 1.807) is 0 Å². The smallest absolute Gasteiger partial charge is 0.239 e. The Hall–Kier alpha value is -2.49. The first kappa shape index (κ1) is 25.6. The van der Waals surface area contributed by atoms with E-state index in [0.717, 1.165) is 94.2 Å². The number of aryl methyl sites for hydroxylation is 1. The second-order valence-electron chi connectivity index (χ2n) is 9.40. The number of hydrogen-bond donors (Lipinski definition) is 3. The maximum atomic E-state index is 12.7. The van der Waals surface area contributed by atoms with Crippen LogP contribution in [0.25, 0.3) is 10.9 Å². The monoisotopic (exact) mass is 497 g/mol. The van der Waals surface area contributed by atoms with Crippen LogP contribution in [0, 0.1) is 6.92 Å². The molecule has 0 unspecified atom stereocenters. The standard InChI is InChI=1S/C26H39N7OS/c1-4-31(5-2)12-11-28-26(35)29-20-8-9-22-21(18-20)19(3)17-24(30-22)32-13-15-33(16-14-32)25(34)23-7-6-10-27-23/h8-9,17-18,23,27H,4-7,10-16H2,1-3H3,(H2,28,29,35)/t23-/m0/s1. The van der Waals surface area contributed by atoms with Crippen molar-refractivity contribution in [3.63, 3.8) is 0 Å². The number of thiocarbonyl (C=S) groups is 1. The Morgan fingerprint density at radius 2 is 1.97 bits per heavy atom. The molecule has 0 aliphatic carbocycles. The van der Waals surface area contributed by atoms with Crippen LogP contribution < -0.4 is 20.9 Å². The highest BCUT2D eigenvalue weighted by molar-refractivity contribution is 7.80. The van der Waals surface area contributed by atoms with Gasteiger partial charge in [0.15, 0.2) is 5.11 Å². The van der Waals surface area contributed by atoms with Crippen molar-refractivity contribution in [1.29, 1.82) is 0 Å². The van der Waals surface area contributed by atoms with E-state index in [9.17, 15) is 4.79 Å². The highest BCUT2D eigenvalue weighted by Gasteiger charge is 2.29. The molecule has 1 amide bonds. The molecule has 0 bridgehead atoms. The molecule has 35 heavy (non-hydrogen) atoms. The van der Waals surface area contributed by atoms with Gasteiger partial charge in [-0.15, -0.1) is 0 Å². The minimum atomic E-state index is 0.0100. The molecule has 2 saturated heterocycles. The van der Waals surface area contributed by atoms with Crippen molar-refractivity contribution in [3.8, 4) is 0 Å². The summed E-state index contributed by atoms with van der Waals surface area (Å²) < 4.78 is 0. The number of anilines is 2. The minimum absolute atomic E-state index is 0.0100. The van der Waals surface area contributed by atoms with Crippen molar-refractivity contribution in [3.05, 3.63) is 29.8 Å². The van der Waals surface area contributed by atoms with Gasteiger partial charge in [-0.05, 0) is 81.4 Å². The van der Waals surface area contributed by atoms with Crippen LogP contribution in [-0.4, -0.2) is 90.7 Å². The van der Waals surface area contributed by atoms with Gasteiger partial charge >= 0.3 is 0 Å². The van der Waals surface area contributed by atoms with Crippen LogP contribution in [0.15, 0.2) is 24.3 Å². The lowest BCUT2D eigenvalue weighted by atomic mass is 10.1.